The average molecular weight is 431 g/mol. The van der Waals surface area contributed by atoms with Crippen molar-refractivity contribution in [1.29, 1.82) is 0 Å². The molecule has 0 aliphatic carbocycles. The van der Waals surface area contributed by atoms with E-state index in [0.717, 1.165) is 49.9 Å². The minimum Gasteiger partial charge on any atom is -0.391 e. The second-order valence-corrected chi connectivity index (χ2v) is 8.89. The second-order valence-electron chi connectivity index (χ2n) is 8.89. The summed E-state index contributed by atoms with van der Waals surface area (Å²) in [6.07, 6.45) is 1.21. The van der Waals surface area contributed by atoms with Crippen molar-refractivity contribution >= 4 is 5.82 Å². The summed E-state index contributed by atoms with van der Waals surface area (Å²) in [5, 5.41) is 10.6. The van der Waals surface area contributed by atoms with Crippen LogP contribution in [0.15, 0.2) is 54.6 Å². The number of piperazine rings is 1. The maximum absolute atomic E-state index is 10.6. The van der Waals surface area contributed by atoms with Gasteiger partial charge in [0.25, 0.3) is 0 Å². The minimum atomic E-state index is -0.343. The summed E-state index contributed by atoms with van der Waals surface area (Å²) in [6.45, 7) is 10.6. The zero-order valence-corrected chi connectivity index (χ0v) is 19.5. The van der Waals surface area contributed by atoms with Gasteiger partial charge in [-0.25, -0.2) is 9.97 Å². The standard InChI is InChI=1S/C27H34N4O/c1-20-9-7-8-12-24(20)18-26-21(2)28-22(3)29-27(26)31-15-13-30(14-16-31)19-25(32)17-23-10-5-4-6-11-23/h4-12,25,32H,13-19H2,1-3H3/t25-/m1/s1. The number of nitrogens with zero attached hydrogens (tertiary/aromatic N) is 4. The van der Waals surface area contributed by atoms with Crippen LogP contribution in [0.1, 0.15) is 33.8 Å². The molecule has 1 N–H and O–H groups in total. The average Bonchev–Trinajstić information content (AvgIpc) is 2.78. The largest absolute Gasteiger partial charge is 0.391 e. The smallest absolute Gasteiger partial charge is 0.136 e. The molecule has 1 aliphatic heterocycles. The van der Waals surface area contributed by atoms with Crippen molar-refractivity contribution < 1.29 is 5.11 Å². The number of rotatable bonds is 7. The Hall–Kier alpha value is -2.76. The first-order valence-corrected chi connectivity index (χ1v) is 11.6. The van der Waals surface area contributed by atoms with E-state index in [2.05, 4.69) is 65.0 Å². The normalized spacial score (nSPS) is 15.7. The third-order valence-electron chi connectivity index (χ3n) is 6.39. The maximum atomic E-state index is 10.6. The molecule has 5 heteroatoms. The molecule has 0 saturated carbocycles. The molecule has 0 radical (unpaired) electrons. The summed E-state index contributed by atoms with van der Waals surface area (Å²) >= 11 is 0. The Labute approximate surface area is 191 Å². The number of benzene rings is 2. The molecule has 0 amide bonds. The van der Waals surface area contributed by atoms with Gasteiger partial charge >= 0.3 is 0 Å². The van der Waals surface area contributed by atoms with E-state index in [-0.39, 0.29) is 6.10 Å². The highest BCUT2D eigenvalue weighted by atomic mass is 16.3. The molecule has 1 atom stereocenters. The van der Waals surface area contributed by atoms with Crippen LogP contribution < -0.4 is 4.90 Å². The van der Waals surface area contributed by atoms with Crippen LogP contribution in [0.2, 0.25) is 0 Å². The van der Waals surface area contributed by atoms with Crippen molar-refractivity contribution in [1.82, 2.24) is 14.9 Å². The molecule has 1 aliphatic rings. The minimum absolute atomic E-state index is 0.343. The number of anilines is 1. The zero-order chi connectivity index (χ0) is 22.5. The van der Waals surface area contributed by atoms with Crippen LogP contribution in [0.3, 0.4) is 0 Å². The number of aromatic nitrogens is 2. The summed E-state index contributed by atoms with van der Waals surface area (Å²) in [5.74, 6) is 1.90. The third kappa shape index (κ3) is 5.53. The fourth-order valence-corrected chi connectivity index (χ4v) is 4.58. The van der Waals surface area contributed by atoms with Gasteiger partial charge in [0.15, 0.2) is 0 Å². The summed E-state index contributed by atoms with van der Waals surface area (Å²) in [7, 11) is 0. The predicted molar refractivity (Wildman–Crippen MR) is 130 cm³/mol. The number of hydrogen-bond donors (Lipinski definition) is 1. The number of hydrogen-bond acceptors (Lipinski definition) is 5. The Morgan fingerprint density at radius 1 is 0.875 bits per heavy atom. The van der Waals surface area contributed by atoms with Crippen molar-refractivity contribution in [3.63, 3.8) is 0 Å². The van der Waals surface area contributed by atoms with Crippen molar-refractivity contribution in [2.45, 2.75) is 39.7 Å². The highest BCUT2D eigenvalue weighted by Gasteiger charge is 2.23. The zero-order valence-electron chi connectivity index (χ0n) is 19.5. The molecule has 1 fully saturated rings. The van der Waals surface area contributed by atoms with E-state index >= 15 is 0 Å². The molecular formula is C27H34N4O. The van der Waals surface area contributed by atoms with E-state index < -0.39 is 0 Å². The van der Waals surface area contributed by atoms with Crippen molar-refractivity contribution in [2.24, 2.45) is 0 Å². The number of aliphatic hydroxyl groups is 1. The summed E-state index contributed by atoms with van der Waals surface area (Å²) in [6, 6.07) is 18.8. The molecule has 168 valence electrons. The van der Waals surface area contributed by atoms with Crippen LogP contribution in [0.4, 0.5) is 5.82 Å². The van der Waals surface area contributed by atoms with E-state index in [1.165, 1.54) is 22.3 Å². The lowest BCUT2D eigenvalue weighted by atomic mass is 9.99. The molecule has 4 rings (SSSR count). The molecule has 0 unspecified atom stereocenters. The lowest BCUT2D eigenvalue weighted by Crippen LogP contribution is -2.49. The Kier molecular flexibility index (Phi) is 7.18. The lowest BCUT2D eigenvalue weighted by molar-refractivity contribution is 0.109. The lowest BCUT2D eigenvalue weighted by Gasteiger charge is -2.37. The van der Waals surface area contributed by atoms with Crippen molar-refractivity contribution in [2.75, 3.05) is 37.6 Å². The van der Waals surface area contributed by atoms with E-state index in [1.807, 2.05) is 25.1 Å². The molecule has 3 aromatic rings. The van der Waals surface area contributed by atoms with Crippen molar-refractivity contribution in [3.8, 4) is 0 Å². The maximum Gasteiger partial charge on any atom is 0.136 e. The molecule has 1 aromatic heterocycles. The molecule has 2 aromatic carbocycles. The summed E-state index contributed by atoms with van der Waals surface area (Å²) < 4.78 is 0. The van der Waals surface area contributed by atoms with E-state index in [1.54, 1.807) is 0 Å². The first-order valence-electron chi connectivity index (χ1n) is 11.6. The quantitative estimate of drug-likeness (QED) is 0.619. The van der Waals surface area contributed by atoms with Gasteiger partial charge in [0.2, 0.25) is 0 Å². The number of β-amino-alcohol motifs (C(OH)–C–C–N with tert-alkyl or cyclic N) is 1. The Balaban J connectivity index is 1.42. The van der Waals surface area contributed by atoms with Gasteiger partial charge in [-0.3, -0.25) is 4.90 Å². The topological polar surface area (TPSA) is 52.5 Å². The summed E-state index contributed by atoms with van der Waals surface area (Å²) in [4.78, 5) is 14.3. The first-order chi connectivity index (χ1) is 15.5. The number of aliphatic hydroxyl groups excluding tert-OH is 1. The Morgan fingerprint density at radius 2 is 1.56 bits per heavy atom. The van der Waals surface area contributed by atoms with Gasteiger partial charge in [-0.2, -0.15) is 0 Å². The van der Waals surface area contributed by atoms with Gasteiger partial charge in [-0.05, 0) is 43.9 Å². The van der Waals surface area contributed by atoms with Crippen LogP contribution in [0, 0.1) is 20.8 Å². The van der Waals surface area contributed by atoms with E-state index in [0.29, 0.717) is 13.0 Å². The monoisotopic (exact) mass is 430 g/mol. The van der Waals surface area contributed by atoms with Gasteiger partial charge in [0.1, 0.15) is 11.6 Å². The fraction of sp³-hybridized carbons (Fsp3) is 0.407. The third-order valence-corrected chi connectivity index (χ3v) is 6.39. The molecule has 5 nitrogen and oxygen atoms in total. The Bertz CT molecular complexity index is 1030. The molecule has 0 spiro atoms. The Morgan fingerprint density at radius 3 is 2.28 bits per heavy atom. The van der Waals surface area contributed by atoms with E-state index in [4.69, 9.17) is 4.98 Å². The summed E-state index contributed by atoms with van der Waals surface area (Å²) in [5.41, 5.74) is 6.10. The predicted octanol–water partition coefficient (Wildman–Crippen LogP) is 3.72. The second kappa shape index (κ2) is 10.2. The van der Waals surface area contributed by atoms with Crippen LogP contribution in [-0.4, -0.2) is 58.8 Å². The SMILES string of the molecule is Cc1nc(C)c(Cc2ccccc2C)c(N2CCN(C[C@H](O)Cc3ccccc3)CC2)n1. The van der Waals surface area contributed by atoms with Gasteiger partial charge in [-0.15, -0.1) is 0 Å². The van der Waals surface area contributed by atoms with Crippen LogP contribution in [0.25, 0.3) is 0 Å². The molecule has 1 saturated heterocycles. The van der Waals surface area contributed by atoms with E-state index in [9.17, 15) is 5.11 Å². The first kappa shape index (κ1) is 22.4. The van der Waals surface area contributed by atoms with Crippen LogP contribution in [0.5, 0.6) is 0 Å². The highest BCUT2D eigenvalue weighted by Crippen LogP contribution is 2.26. The molecule has 32 heavy (non-hydrogen) atoms. The molecular weight excluding hydrogens is 396 g/mol. The molecule has 0 bridgehead atoms. The van der Waals surface area contributed by atoms with Gasteiger partial charge in [0, 0.05) is 50.4 Å². The van der Waals surface area contributed by atoms with Crippen LogP contribution >= 0.6 is 0 Å². The van der Waals surface area contributed by atoms with Gasteiger partial charge in [-0.1, -0.05) is 54.6 Å². The van der Waals surface area contributed by atoms with Crippen molar-refractivity contribution in [3.05, 3.63) is 88.4 Å². The van der Waals surface area contributed by atoms with Gasteiger partial charge in [0.05, 0.1) is 6.10 Å². The van der Waals surface area contributed by atoms with Gasteiger partial charge < -0.3 is 10.0 Å². The highest BCUT2D eigenvalue weighted by molar-refractivity contribution is 5.52. The number of aryl methyl sites for hydroxylation is 3. The van der Waals surface area contributed by atoms with Crippen LogP contribution in [-0.2, 0) is 12.8 Å². The fourth-order valence-electron chi connectivity index (χ4n) is 4.58. The molecule has 2 heterocycles.